The largest absolute Gasteiger partial charge is 0.508 e. The lowest BCUT2D eigenvalue weighted by Gasteiger charge is -2.31. The van der Waals surface area contributed by atoms with Gasteiger partial charge in [-0.3, -0.25) is 52.7 Å². The molecule has 8 atom stereocenters. The van der Waals surface area contributed by atoms with E-state index in [-0.39, 0.29) is 48.9 Å². The van der Waals surface area contributed by atoms with Gasteiger partial charge >= 0.3 is 0 Å². The number of phenolic OH excluding ortho intramolecular Hbond substituents is 1. The number of hydrogen-bond donors (Lipinski definition) is 11. The monoisotopic (exact) mass is 979 g/mol. The lowest BCUT2D eigenvalue weighted by Crippen LogP contribution is -2.61. The molecule has 1 aromatic carbocycles. The zero-order valence-corrected chi connectivity index (χ0v) is 40.1. The number of nitrogens with one attached hydrogen (secondary N) is 7. The van der Waals surface area contributed by atoms with Crippen LogP contribution in [0.1, 0.15) is 78.7 Å². The Morgan fingerprint density at radius 3 is 1.97 bits per heavy atom. The van der Waals surface area contributed by atoms with Gasteiger partial charge in [0, 0.05) is 37.8 Å². The molecule has 1 heterocycles. The van der Waals surface area contributed by atoms with Crippen LogP contribution in [0.5, 0.6) is 5.75 Å². The topological polar surface area (TPSA) is 374 Å². The number of benzene rings is 1. The van der Waals surface area contributed by atoms with Crippen LogP contribution in [-0.2, 0) is 59.2 Å². The highest BCUT2D eigenvalue weighted by molar-refractivity contribution is 8.76. The first-order chi connectivity index (χ1) is 31.4. The Bertz CT molecular complexity index is 1960. The van der Waals surface area contributed by atoms with E-state index in [1.165, 1.54) is 26.1 Å². The maximum absolute atomic E-state index is 14.2. The van der Waals surface area contributed by atoms with Crippen molar-refractivity contribution >= 4 is 86.6 Å². The van der Waals surface area contributed by atoms with Crippen molar-refractivity contribution in [3.8, 4) is 5.75 Å². The number of hydrogen-bond acceptors (Lipinski definition) is 14. The number of phenols is 1. The standard InChI is InChI=1S/C42H65N11O12S2/c1-7-22(4)35-41(64)48-26(12-13-31(43)55)38(61)50-29(18-32(44)56)39(62)51-30(42(65)53(6)23(5)36(59)49-27(16-21(2)3)37(60)46-19-33(45)57)20-67-66-15-14-34(58)47-28(40(63)52-35)17-24-8-10-25(54)11-9-24/h8-11,21-23,26-30,35,54H,7,12-20H2,1-6H3,(H2,43,55)(H2,44,56)(H2,45,57)(H,46,60)(H,47,58)(H,48,64)(H,49,59)(H,50,61)(H,51,62)(H,52,63)/t22-,23-,26-,27-,28-,29-,30-,35-/m0/s1. The highest BCUT2D eigenvalue weighted by atomic mass is 33.1. The SMILES string of the molecule is CC[C@H](C)[C@@H]1NC(=O)[C@H](Cc2ccc(O)cc2)NC(=O)CCSSC[C@@H](C(=O)N(C)[C@@H](C)C(=O)N[C@@H](CC(C)C)C(=O)NCC(N)=O)NC(=O)[C@H](CC(N)=O)NC(=O)[C@H](CCC(N)=O)NC1=O. The van der Waals surface area contributed by atoms with E-state index in [4.69, 9.17) is 17.2 Å². The summed E-state index contributed by atoms with van der Waals surface area (Å²) in [7, 11) is 3.46. The Kier molecular flexibility index (Phi) is 24.0. The van der Waals surface area contributed by atoms with E-state index in [0.717, 1.165) is 26.5 Å². The molecule has 1 saturated heterocycles. The molecule has 11 amide bonds. The van der Waals surface area contributed by atoms with E-state index in [1.807, 2.05) is 0 Å². The maximum Gasteiger partial charge on any atom is 0.246 e. The summed E-state index contributed by atoms with van der Waals surface area (Å²) in [6.07, 6.45) is -1.26. The van der Waals surface area contributed by atoms with Crippen LogP contribution in [0, 0.1) is 11.8 Å². The van der Waals surface area contributed by atoms with E-state index >= 15 is 0 Å². The third kappa shape index (κ3) is 20.1. The molecular weight excluding hydrogens is 915 g/mol. The third-order valence-electron chi connectivity index (χ3n) is 10.6. The summed E-state index contributed by atoms with van der Waals surface area (Å²) >= 11 is 0. The van der Waals surface area contributed by atoms with Gasteiger partial charge in [-0.15, -0.1) is 0 Å². The molecule has 0 bridgehead atoms. The highest BCUT2D eigenvalue weighted by Gasteiger charge is 2.37. The van der Waals surface area contributed by atoms with Crippen LogP contribution in [0.15, 0.2) is 24.3 Å². The molecule has 25 heteroatoms. The Labute approximate surface area is 396 Å². The normalized spacial score (nSPS) is 21.7. The summed E-state index contributed by atoms with van der Waals surface area (Å²) in [5, 5.41) is 27.6. The second-order valence-electron chi connectivity index (χ2n) is 16.6. The van der Waals surface area contributed by atoms with Crippen LogP contribution in [-0.4, -0.2) is 142 Å². The molecule has 0 aliphatic carbocycles. The Morgan fingerprint density at radius 1 is 0.776 bits per heavy atom. The molecule has 23 nitrogen and oxygen atoms in total. The van der Waals surface area contributed by atoms with Crippen LogP contribution >= 0.6 is 21.6 Å². The van der Waals surface area contributed by atoms with E-state index in [0.29, 0.717) is 12.0 Å². The van der Waals surface area contributed by atoms with Crippen LogP contribution in [0.2, 0.25) is 0 Å². The zero-order valence-electron chi connectivity index (χ0n) is 38.5. The van der Waals surface area contributed by atoms with Crippen molar-refractivity contribution in [1.82, 2.24) is 42.1 Å². The molecule has 1 aliphatic heterocycles. The molecule has 1 fully saturated rings. The number of nitrogens with zero attached hydrogens (tertiary/aromatic N) is 1. The van der Waals surface area contributed by atoms with Crippen molar-refractivity contribution in [1.29, 1.82) is 0 Å². The van der Waals surface area contributed by atoms with Crippen molar-refractivity contribution in [2.45, 2.75) is 122 Å². The molecule has 0 unspecified atom stereocenters. The number of nitrogens with two attached hydrogens (primary N) is 3. The summed E-state index contributed by atoms with van der Waals surface area (Å²) in [5.74, 6) is -9.98. The first-order valence-electron chi connectivity index (χ1n) is 21.7. The summed E-state index contributed by atoms with van der Waals surface area (Å²) in [6, 6.07) is -3.73. The van der Waals surface area contributed by atoms with Gasteiger partial charge in [0.2, 0.25) is 65.0 Å². The molecule has 0 saturated carbocycles. The summed E-state index contributed by atoms with van der Waals surface area (Å²) in [5.41, 5.74) is 16.6. The fourth-order valence-electron chi connectivity index (χ4n) is 6.46. The number of primary amides is 3. The molecule has 2 rings (SSSR count). The van der Waals surface area contributed by atoms with Gasteiger partial charge in [0.1, 0.15) is 48.0 Å². The molecule has 1 aromatic rings. The first kappa shape index (κ1) is 57.0. The van der Waals surface area contributed by atoms with Gasteiger partial charge in [-0.25, -0.2) is 0 Å². The van der Waals surface area contributed by atoms with Gasteiger partial charge < -0.3 is 64.4 Å². The average molecular weight is 980 g/mol. The lowest BCUT2D eigenvalue weighted by molar-refractivity contribution is -0.142. The quantitative estimate of drug-likeness (QED) is 0.0668. The Hall–Kier alpha value is -6.11. The minimum atomic E-state index is -1.74. The Morgan fingerprint density at radius 2 is 1.39 bits per heavy atom. The fraction of sp³-hybridized carbons (Fsp3) is 0.595. The number of carbonyl (C=O) groups is 11. The minimum Gasteiger partial charge on any atom is -0.508 e. The number of aromatic hydroxyl groups is 1. The predicted octanol–water partition coefficient (Wildman–Crippen LogP) is -2.69. The fourth-order valence-corrected chi connectivity index (χ4v) is 8.61. The first-order valence-corrected chi connectivity index (χ1v) is 24.1. The number of likely N-dealkylation sites (N-methyl/N-ethyl adjacent to an activating group) is 1. The molecule has 67 heavy (non-hydrogen) atoms. The van der Waals surface area contributed by atoms with Crippen LogP contribution in [0.4, 0.5) is 0 Å². The highest BCUT2D eigenvalue weighted by Crippen LogP contribution is 2.24. The lowest BCUT2D eigenvalue weighted by atomic mass is 9.96. The number of amides is 11. The molecule has 0 spiro atoms. The van der Waals surface area contributed by atoms with Gasteiger partial charge in [-0.2, -0.15) is 0 Å². The predicted molar refractivity (Wildman–Crippen MR) is 249 cm³/mol. The van der Waals surface area contributed by atoms with Crippen LogP contribution in [0.3, 0.4) is 0 Å². The van der Waals surface area contributed by atoms with E-state index in [9.17, 15) is 57.8 Å². The molecule has 0 aromatic heterocycles. The van der Waals surface area contributed by atoms with Gasteiger partial charge in [0.15, 0.2) is 0 Å². The molecule has 0 radical (unpaired) electrons. The summed E-state index contributed by atoms with van der Waals surface area (Å²) in [4.78, 5) is 146. The zero-order chi connectivity index (χ0) is 50.5. The molecule has 372 valence electrons. The molecule has 14 N–H and O–H groups in total. The third-order valence-corrected chi connectivity index (χ3v) is 13.0. The van der Waals surface area contributed by atoms with Crippen molar-refractivity contribution in [3.63, 3.8) is 0 Å². The van der Waals surface area contributed by atoms with Crippen LogP contribution in [0.25, 0.3) is 0 Å². The second-order valence-corrected chi connectivity index (χ2v) is 19.2. The van der Waals surface area contributed by atoms with E-state index in [1.54, 1.807) is 39.8 Å². The van der Waals surface area contributed by atoms with Crippen LogP contribution < -0.4 is 54.4 Å². The minimum absolute atomic E-state index is 0.0293. The van der Waals surface area contributed by atoms with Crippen molar-refractivity contribution in [3.05, 3.63) is 29.8 Å². The van der Waals surface area contributed by atoms with Crippen molar-refractivity contribution in [2.24, 2.45) is 29.0 Å². The molecular formula is C42H65N11O12S2. The number of rotatable bonds is 18. The average Bonchev–Trinajstić information content (AvgIpc) is 3.26. The van der Waals surface area contributed by atoms with Gasteiger partial charge in [-0.1, -0.05) is 67.8 Å². The Balaban J connectivity index is 2.58. The van der Waals surface area contributed by atoms with Crippen molar-refractivity contribution in [2.75, 3.05) is 25.1 Å². The van der Waals surface area contributed by atoms with Gasteiger partial charge in [0.05, 0.1) is 13.0 Å². The molecule has 1 aliphatic rings. The van der Waals surface area contributed by atoms with E-state index < -0.39 is 133 Å². The van der Waals surface area contributed by atoms with Crippen molar-refractivity contribution < 1.29 is 57.8 Å². The number of carbonyl (C=O) groups excluding carboxylic acids is 11. The summed E-state index contributed by atoms with van der Waals surface area (Å²) < 4.78 is 0. The summed E-state index contributed by atoms with van der Waals surface area (Å²) in [6.45, 7) is 7.91. The maximum atomic E-state index is 14.2. The van der Waals surface area contributed by atoms with E-state index in [2.05, 4.69) is 37.2 Å². The van der Waals surface area contributed by atoms with Gasteiger partial charge in [0.25, 0.3) is 0 Å². The smallest absolute Gasteiger partial charge is 0.246 e. The second kappa shape index (κ2) is 28.2. The van der Waals surface area contributed by atoms with Gasteiger partial charge in [-0.05, 0) is 49.3 Å².